The summed E-state index contributed by atoms with van der Waals surface area (Å²) < 4.78 is 0. The minimum atomic E-state index is -1.13. The van der Waals surface area contributed by atoms with Crippen molar-refractivity contribution in [1.82, 2.24) is 0 Å². The van der Waals surface area contributed by atoms with Crippen molar-refractivity contribution >= 4 is 5.97 Å². The Morgan fingerprint density at radius 3 is 2.12 bits per heavy atom. The van der Waals surface area contributed by atoms with Crippen LogP contribution in [0.25, 0.3) is 11.1 Å². The van der Waals surface area contributed by atoms with Crippen LogP contribution in [0.15, 0.2) is 42.5 Å². The van der Waals surface area contributed by atoms with Crippen LogP contribution in [0.1, 0.15) is 21.5 Å². The predicted molar refractivity (Wildman–Crippen MR) is 65.7 cm³/mol. The summed E-state index contributed by atoms with van der Waals surface area (Å²) in [5, 5.41) is 11.1. The van der Waals surface area contributed by atoms with E-state index in [1.807, 2.05) is 50.2 Å². The fourth-order valence-corrected chi connectivity index (χ4v) is 1.81. The Morgan fingerprint density at radius 2 is 1.53 bits per heavy atom. The number of aryl methyl sites for hydroxylation is 2. The van der Waals surface area contributed by atoms with E-state index < -0.39 is 5.97 Å². The second kappa shape index (κ2) is 4.42. The molecule has 0 saturated heterocycles. The third-order valence-electron chi connectivity index (χ3n) is 2.76. The van der Waals surface area contributed by atoms with Crippen LogP contribution in [-0.2, 0) is 0 Å². The summed E-state index contributed by atoms with van der Waals surface area (Å²) in [7, 11) is 0. The predicted octanol–water partition coefficient (Wildman–Crippen LogP) is 2.33. The molecule has 0 aliphatic rings. The molecule has 0 heterocycles. The summed E-state index contributed by atoms with van der Waals surface area (Å²) in [6, 6.07) is 13.2. The topological polar surface area (TPSA) is 40.1 Å². The van der Waals surface area contributed by atoms with Crippen LogP contribution >= 0.6 is 0 Å². The molecule has 2 aromatic carbocycles. The number of rotatable bonds is 2. The Morgan fingerprint density at radius 1 is 0.941 bits per heavy atom. The molecule has 17 heavy (non-hydrogen) atoms. The molecule has 0 fully saturated rings. The second-order valence-corrected chi connectivity index (χ2v) is 4.20. The molecule has 2 heteroatoms. The molecule has 2 aromatic rings. The monoisotopic (exact) mass is 225 g/mol. The van der Waals surface area contributed by atoms with Crippen LogP contribution in [0.2, 0.25) is 0 Å². The average molecular weight is 225 g/mol. The minimum absolute atomic E-state index is 0.244. The lowest BCUT2D eigenvalue weighted by molar-refractivity contribution is -0.254. The number of carboxylic acids is 1. The van der Waals surface area contributed by atoms with E-state index in [9.17, 15) is 9.90 Å². The van der Waals surface area contributed by atoms with Gasteiger partial charge < -0.3 is 9.90 Å². The number of aromatic carboxylic acids is 1. The van der Waals surface area contributed by atoms with Crippen molar-refractivity contribution in [2.75, 3.05) is 0 Å². The Bertz CT molecular complexity index is 554. The maximum absolute atomic E-state index is 11.1. The van der Waals surface area contributed by atoms with Crippen molar-refractivity contribution in [1.29, 1.82) is 0 Å². The fraction of sp³-hybridized carbons (Fsp3) is 0.133. The van der Waals surface area contributed by atoms with Gasteiger partial charge in [-0.2, -0.15) is 0 Å². The first-order valence-electron chi connectivity index (χ1n) is 5.47. The number of carboxylic acid groups (broad SMARTS) is 1. The summed E-state index contributed by atoms with van der Waals surface area (Å²) >= 11 is 0. The minimum Gasteiger partial charge on any atom is -0.545 e. The highest BCUT2D eigenvalue weighted by Crippen LogP contribution is 2.24. The lowest BCUT2D eigenvalue weighted by atomic mass is 9.97. The summed E-state index contributed by atoms with van der Waals surface area (Å²) in [4.78, 5) is 11.1. The van der Waals surface area contributed by atoms with E-state index >= 15 is 0 Å². The lowest BCUT2D eigenvalue weighted by Crippen LogP contribution is -2.23. The van der Waals surface area contributed by atoms with E-state index in [1.54, 1.807) is 6.07 Å². The Kier molecular flexibility index (Phi) is 2.96. The van der Waals surface area contributed by atoms with Gasteiger partial charge >= 0.3 is 0 Å². The molecule has 0 amide bonds. The molecule has 0 radical (unpaired) electrons. The zero-order valence-corrected chi connectivity index (χ0v) is 9.86. The number of benzene rings is 2. The Balaban J connectivity index is 2.58. The van der Waals surface area contributed by atoms with Gasteiger partial charge in [-0.15, -0.1) is 0 Å². The number of hydrogen-bond acceptors (Lipinski definition) is 2. The maximum atomic E-state index is 11.1. The van der Waals surface area contributed by atoms with Crippen molar-refractivity contribution < 1.29 is 9.90 Å². The van der Waals surface area contributed by atoms with E-state index in [0.29, 0.717) is 5.56 Å². The van der Waals surface area contributed by atoms with E-state index in [4.69, 9.17) is 0 Å². The summed E-state index contributed by atoms with van der Waals surface area (Å²) in [5.41, 5.74) is 3.91. The molecule has 86 valence electrons. The molecular weight excluding hydrogens is 212 g/mol. The molecule has 0 aliphatic heterocycles. The van der Waals surface area contributed by atoms with Crippen LogP contribution in [0.5, 0.6) is 0 Å². The van der Waals surface area contributed by atoms with Gasteiger partial charge in [0.2, 0.25) is 0 Å². The highest BCUT2D eigenvalue weighted by atomic mass is 16.4. The van der Waals surface area contributed by atoms with E-state index in [2.05, 4.69) is 0 Å². The summed E-state index contributed by atoms with van der Waals surface area (Å²) in [6.07, 6.45) is 0. The lowest BCUT2D eigenvalue weighted by Gasteiger charge is -2.11. The number of hydrogen-bond donors (Lipinski definition) is 0. The quantitative estimate of drug-likeness (QED) is 0.787. The van der Waals surface area contributed by atoms with Gasteiger partial charge in [-0.3, -0.25) is 0 Å². The number of carbonyl (C=O) groups excluding carboxylic acids is 1. The van der Waals surface area contributed by atoms with Crippen LogP contribution in [0.4, 0.5) is 0 Å². The highest BCUT2D eigenvalue weighted by molar-refractivity contribution is 5.95. The van der Waals surface area contributed by atoms with Crippen molar-refractivity contribution in [3.05, 3.63) is 59.2 Å². The van der Waals surface area contributed by atoms with Gasteiger partial charge in [0, 0.05) is 5.56 Å². The first kappa shape index (κ1) is 11.4. The van der Waals surface area contributed by atoms with Gasteiger partial charge in [0.25, 0.3) is 0 Å². The van der Waals surface area contributed by atoms with Crippen molar-refractivity contribution in [2.45, 2.75) is 13.8 Å². The maximum Gasteiger partial charge on any atom is 0.0721 e. The van der Waals surface area contributed by atoms with E-state index in [-0.39, 0.29) is 5.56 Å². The van der Waals surface area contributed by atoms with Crippen LogP contribution in [0, 0.1) is 13.8 Å². The summed E-state index contributed by atoms with van der Waals surface area (Å²) in [6.45, 7) is 3.87. The highest BCUT2D eigenvalue weighted by Gasteiger charge is 2.06. The molecular formula is C15H13O2-. The van der Waals surface area contributed by atoms with Gasteiger partial charge in [0.15, 0.2) is 0 Å². The second-order valence-electron chi connectivity index (χ2n) is 4.20. The van der Waals surface area contributed by atoms with Gasteiger partial charge in [0.05, 0.1) is 5.97 Å². The Hall–Kier alpha value is -2.09. The zero-order chi connectivity index (χ0) is 12.4. The van der Waals surface area contributed by atoms with Crippen molar-refractivity contribution in [3.63, 3.8) is 0 Å². The van der Waals surface area contributed by atoms with Gasteiger partial charge in [-0.25, -0.2) is 0 Å². The molecule has 0 unspecified atom stereocenters. The first-order valence-corrected chi connectivity index (χ1v) is 5.47. The molecule has 2 rings (SSSR count). The van der Waals surface area contributed by atoms with Crippen LogP contribution in [0.3, 0.4) is 0 Å². The van der Waals surface area contributed by atoms with Gasteiger partial charge in [-0.05, 0) is 31.0 Å². The SMILES string of the molecule is Cc1ccc(-c2ccc(C)cc2C(=O)[O-])cc1. The summed E-state index contributed by atoms with van der Waals surface area (Å²) in [5.74, 6) is -1.13. The van der Waals surface area contributed by atoms with E-state index in [0.717, 1.165) is 16.7 Å². The fourth-order valence-electron chi connectivity index (χ4n) is 1.81. The molecule has 2 nitrogen and oxygen atoms in total. The smallest absolute Gasteiger partial charge is 0.0721 e. The van der Waals surface area contributed by atoms with Crippen molar-refractivity contribution in [2.24, 2.45) is 0 Å². The normalized spacial score (nSPS) is 10.2. The molecule has 0 aromatic heterocycles. The number of carbonyl (C=O) groups is 1. The molecule has 0 atom stereocenters. The molecule has 0 spiro atoms. The molecule has 0 saturated carbocycles. The first-order chi connectivity index (χ1) is 8.08. The standard InChI is InChI=1S/C15H14O2/c1-10-3-6-12(7-4-10)13-8-5-11(2)9-14(13)15(16)17/h3-9H,1-2H3,(H,16,17)/p-1. The van der Waals surface area contributed by atoms with Gasteiger partial charge in [0.1, 0.15) is 0 Å². The average Bonchev–Trinajstić information content (AvgIpc) is 2.30. The van der Waals surface area contributed by atoms with Crippen LogP contribution < -0.4 is 5.11 Å². The largest absolute Gasteiger partial charge is 0.545 e. The third kappa shape index (κ3) is 2.36. The Labute approximate surface area is 101 Å². The third-order valence-corrected chi connectivity index (χ3v) is 2.76. The van der Waals surface area contributed by atoms with E-state index in [1.165, 1.54) is 0 Å². The van der Waals surface area contributed by atoms with Crippen molar-refractivity contribution in [3.8, 4) is 11.1 Å². The molecule has 0 bridgehead atoms. The molecule has 0 N–H and O–H groups in total. The van der Waals surface area contributed by atoms with Crippen LogP contribution in [-0.4, -0.2) is 5.97 Å². The van der Waals surface area contributed by atoms with Gasteiger partial charge in [-0.1, -0.05) is 47.5 Å². The zero-order valence-electron chi connectivity index (χ0n) is 9.86. The molecule has 0 aliphatic carbocycles.